The number of carbonyl (C=O) groups excluding carboxylic acids is 2. The molecule has 0 aliphatic carbocycles. The third-order valence-electron chi connectivity index (χ3n) is 2.96. The lowest BCUT2D eigenvalue weighted by Crippen LogP contribution is -2.11. The van der Waals surface area contributed by atoms with Gasteiger partial charge in [0.1, 0.15) is 35.8 Å². The average molecular weight is 320 g/mol. The molecule has 0 bridgehead atoms. The van der Waals surface area contributed by atoms with E-state index in [2.05, 4.69) is 0 Å². The molecule has 0 atom stereocenters. The van der Waals surface area contributed by atoms with E-state index in [-0.39, 0.29) is 34.8 Å². The van der Waals surface area contributed by atoms with Crippen molar-refractivity contribution in [3.05, 3.63) is 59.2 Å². The molecule has 0 saturated carbocycles. The Morgan fingerprint density at radius 2 is 1.83 bits per heavy atom. The molecular formula is C18H12N2O4. The first-order valence-corrected chi connectivity index (χ1v) is 6.93. The second-order valence-electron chi connectivity index (χ2n) is 4.81. The number of hydrogen-bond donors (Lipinski definition) is 0. The normalized spacial score (nSPS) is 9.46. The fourth-order valence-corrected chi connectivity index (χ4v) is 1.89. The molecule has 0 aliphatic heterocycles. The van der Waals surface area contributed by atoms with Gasteiger partial charge in [-0.1, -0.05) is 12.1 Å². The maximum absolute atomic E-state index is 11.9. The van der Waals surface area contributed by atoms with Gasteiger partial charge >= 0.3 is 5.97 Å². The first-order valence-electron chi connectivity index (χ1n) is 6.93. The van der Waals surface area contributed by atoms with Gasteiger partial charge in [-0.05, 0) is 37.3 Å². The summed E-state index contributed by atoms with van der Waals surface area (Å²) in [5.74, 6) is -0.394. The van der Waals surface area contributed by atoms with Crippen LogP contribution in [-0.2, 0) is 9.53 Å². The van der Waals surface area contributed by atoms with E-state index in [0.29, 0.717) is 5.75 Å². The predicted octanol–water partition coefficient (Wildman–Crippen LogP) is 2.97. The minimum Gasteiger partial charge on any atom is -0.456 e. The predicted molar refractivity (Wildman–Crippen MR) is 83.4 cm³/mol. The molecule has 2 aromatic carbocycles. The van der Waals surface area contributed by atoms with Gasteiger partial charge in [0.05, 0.1) is 11.1 Å². The number of nitriles is 2. The largest absolute Gasteiger partial charge is 0.456 e. The van der Waals surface area contributed by atoms with Crippen molar-refractivity contribution < 1.29 is 19.1 Å². The van der Waals surface area contributed by atoms with Crippen LogP contribution in [-0.4, -0.2) is 18.4 Å². The number of ether oxygens (including phenoxy) is 2. The van der Waals surface area contributed by atoms with Gasteiger partial charge in [-0.2, -0.15) is 10.5 Å². The summed E-state index contributed by atoms with van der Waals surface area (Å²) >= 11 is 0. The Morgan fingerprint density at radius 3 is 2.50 bits per heavy atom. The van der Waals surface area contributed by atoms with Crippen LogP contribution in [0, 0.1) is 22.7 Å². The highest BCUT2D eigenvalue weighted by Gasteiger charge is 2.12. The van der Waals surface area contributed by atoms with Gasteiger partial charge in [-0.15, -0.1) is 0 Å². The monoisotopic (exact) mass is 320 g/mol. The highest BCUT2D eigenvalue weighted by atomic mass is 16.5. The molecule has 0 amide bonds. The van der Waals surface area contributed by atoms with Crippen molar-refractivity contribution in [1.29, 1.82) is 10.5 Å². The Morgan fingerprint density at radius 1 is 1.08 bits per heavy atom. The Bertz CT molecular complexity index is 875. The van der Waals surface area contributed by atoms with Gasteiger partial charge in [0.2, 0.25) is 0 Å². The summed E-state index contributed by atoms with van der Waals surface area (Å²) in [6.45, 7) is 1.02. The summed E-state index contributed by atoms with van der Waals surface area (Å²) < 4.78 is 10.4. The second-order valence-corrected chi connectivity index (χ2v) is 4.81. The van der Waals surface area contributed by atoms with Crippen LogP contribution in [0.2, 0.25) is 0 Å². The van der Waals surface area contributed by atoms with Crippen molar-refractivity contribution in [2.24, 2.45) is 0 Å². The van der Waals surface area contributed by atoms with Crippen LogP contribution in [0.25, 0.3) is 0 Å². The highest BCUT2D eigenvalue weighted by Crippen LogP contribution is 2.27. The van der Waals surface area contributed by atoms with Crippen molar-refractivity contribution in [2.75, 3.05) is 6.61 Å². The number of carbonyl (C=O) groups is 2. The van der Waals surface area contributed by atoms with Crippen LogP contribution in [0.1, 0.15) is 28.4 Å². The molecule has 0 aliphatic rings. The number of esters is 1. The number of Topliss-reactive ketones (excluding diaryl/α,β-unsaturated/α-hetero) is 1. The van der Waals surface area contributed by atoms with E-state index >= 15 is 0 Å². The molecule has 6 nitrogen and oxygen atoms in total. The van der Waals surface area contributed by atoms with E-state index in [1.807, 2.05) is 12.1 Å². The lowest BCUT2D eigenvalue weighted by Gasteiger charge is -2.09. The van der Waals surface area contributed by atoms with E-state index in [9.17, 15) is 14.9 Å². The van der Waals surface area contributed by atoms with Crippen LogP contribution in [0.4, 0.5) is 0 Å². The molecule has 2 aromatic rings. The van der Waals surface area contributed by atoms with E-state index < -0.39 is 5.97 Å². The highest BCUT2D eigenvalue weighted by molar-refractivity contribution is 5.91. The summed E-state index contributed by atoms with van der Waals surface area (Å²) in [5, 5.41) is 18.2. The minimum atomic E-state index is -0.651. The number of benzene rings is 2. The minimum absolute atomic E-state index is 0.115. The summed E-state index contributed by atoms with van der Waals surface area (Å²) in [6, 6.07) is 14.7. The van der Waals surface area contributed by atoms with Gasteiger partial charge < -0.3 is 9.47 Å². The molecule has 0 unspecified atom stereocenters. The lowest BCUT2D eigenvalue weighted by molar-refractivity contribution is -0.120. The van der Waals surface area contributed by atoms with Crippen LogP contribution in [0.3, 0.4) is 0 Å². The summed E-state index contributed by atoms with van der Waals surface area (Å²) in [7, 11) is 0. The van der Waals surface area contributed by atoms with Gasteiger partial charge in [-0.25, -0.2) is 4.79 Å². The van der Waals surface area contributed by atoms with Crippen LogP contribution < -0.4 is 4.74 Å². The summed E-state index contributed by atoms with van der Waals surface area (Å²) in [6.07, 6.45) is 0. The summed E-state index contributed by atoms with van der Waals surface area (Å²) in [5.41, 5.74) is 0.528. The van der Waals surface area contributed by atoms with Crippen molar-refractivity contribution in [3.63, 3.8) is 0 Å². The maximum Gasteiger partial charge on any atom is 0.338 e. The second kappa shape index (κ2) is 7.57. The van der Waals surface area contributed by atoms with Gasteiger partial charge in [0, 0.05) is 0 Å². The van der Waals surface area contributed by atoms with Crippen molar-refractivity contribution in [1.82, 2.24) is 0 Å². The third kappa shape index (κ3) is 3.96. The Balaban J connectivity index is 2.25. The van der Waals surface area contributed by atoms with E-state index in [4.69, 9.17) is 14.7 Å². The SMILES string of the molecule is CC(=O)COC(=O)c1cccc(Oc2cccc(C#N)c2C#N)c1. The fourth-order valence-electron chi connectivity index (χ4n) is 1.89. The molecule has 0 heterocycles. The quantitative estimate of drug-likeness (QED) is 0.785. The Kier molecular flexibility index (Phi) is 5.28. The molecule has 6 heteroatoms. The van der Waals surface area contributed by atoms with Gasteiger partial charge in [0.15, 0.2) is 5.78 Å². The zero-order valence-electron chi connectivity index (χ0n) is 12.8. The van der Waals surface area contributed by atoms with Crippen molar-refractivity contribution >= 4 is 11.8 Å². The smallest absolute Gasteiger partial charge is 0.338 e. The molecule has 0 spiro atoms. The molecule has 0 saturated heterocycles. The third-order valence-corrected chi connectivity index (χ3v) is 2.96. The molecule has 24 heavy (non-hydrogen) atoms. The average Bonchev–Trinajstić information content (AvgIpc) is 2.59. The number of rotatable bonds is 5. The molecule has 118 valence electrons. The molecule has 0 radical (unpaired) electrons. The van der Waals surface area contributed by atoms with Gasteiger partial charge in [-0.3, -0.25) is 4.79 Å². The van der Waals surface area contributed by atoms with Crippen molar-refractivity contribution in [2.45, 2.75) is 6.92 Å². The topological polar surface area (TPSA) is 100 Å². The first-order chi connectivity index (χ1) is 11.5. The molecular weight excluding hydrogens is 308 g/mol. The van der Waals surface area contributed by atoms with Gasteiger partial charge in [0.25, 0.3) is 0 Å². The molecule has 0 aromatic heterocycles. The summed E-state index contributed by atoms with van der Waals surface area (Å²) in [4.78, 5) is 22.7. The first kappa shape index (κ1) is 16.7. The van der Waals surface area contributed by atoms with Crippen LogP contribution in [0.15, 0.2) is 42.5 Å². The molecule has 0 fully saturated rings. The van der Waals surface area contributed by atoms with Crippen LogP contribution in [0.5, 0.6) is 11.5 Å². The fraction of sp³-hybridized carbons (Fsp3) is 0.111. The molecule has 0 N–H and O–H groups in total. The van der Waals surface area contributed by atoms with Crippen LogP contribution >= 0.6 is 0 Å². The lowest BCUT2D eigenvalue weighted by atomic mass is 10.1. The maximum atomic E-state index is 11.9. The Hall–Kier alpha value is -3.64. The number of ketones is 1. The standard InChI is InChI=1S/C18H12N2O4/c1-12(21)11-23-18(22)13-4-2-6-15(8-13)24-17-7-3-5-14(9-19)16(17)10-20/h2-8H,11H2,1H3. The zero-order chi connectivity index (χ0) is 17.5. The number of hydrogen-bond acceptors (Lipinski definition) is 6. The van der Waals surface area contributed by atoms with E-state index in [1.54, 1.807) is 24.3 Å². The molecule has 2 rings (SSSR count). The Labute approximate surface area is 138 Å². The zero-order valence-corrected chi connectivity index (χ0v) is 12.8. The van der Waals surface area contributed by atoms with E-state index in [0.717, 1.165) is 0 Å². The van der Waals surface area contributed by atoms with Crippen molar-refractivity contribution in [3.8, 4) is 23.6 Å². The van der Waals surface area contributed by atoms with E-state index in [1.165, 1.54) is 25.1 Å². The number of nitrogens with zero attached hydrogens (tertiary/aromatic N) is 2.